The van der Waals surface area contributed by atoms with Gasteiger partial charge in [0.1, 0.15) is 0 Å². The van der Waals surface area contributed by atoms with E-state index in [1.54, 1.807) is 4.90 Å². The Morgan fingerprint density at radius 2 is 1.89 bits per heavy atom. The van der Waals surface area contributed by atoms with Crippen LogP contribution in [0, 0.1) is 0 Å². The van der Waals surface area contributed by atoms with E-state index in [0.29, 0.717) is 27.9 Å². The van der Waals surface area contributed by atoms with Crippen molar-refractivity contribution < 1.29 is 9.59 Å². The summed E-state index contributed by atoms with van der Waals surface area (Å²) in [7, 11) is 0. The van der Waals surface area contributed by atoms with Crippen LogP contribution in [0.3, 0.4) is 0 Å². The number of hydrogen-bond acceptors (Lipinski definition) is 4. The van der Waals surface area contributed by atoms with Gasteiger partial charge in [-0.05, 0) is 36.8 Å². The Balaban J connectivity index is 1.78. The second-order valence-corrected chi connectivity index (χ2v) is 8.08. The quantitative estimate of drug-likeness (QED) is 0.769. The van der Waals surface area contributed by atoms with Crippen molar-refractivity contribution in [2.24, 2.45) is 4.99 Å². The zero-order valence-electron chi connectivity index (χ0n) is 14.5. The number of fused-ring (bicyclic) bond motifs is 1. The van der Waals surface area contributed by atoms with Crippen molar-refractivity contribution in [3.8, 4) is 0 Å². The number of benzene rings is 2. The maximum absolute atomic E-state index is 13.1. The number of amides is 2. The summed E-state index contributed by atoms with van der Waals surface area (Å²) < 4.78 is 0.939. The molecule has 136 valence electrons. The Morgan fingerprint density at radius 3 is 2.59 bits per heavy atom. The first-order valence-electron chi connectivity index (χ1n) is 8.41. The van der Waals surface area contributed by atoms with Crippen molar-refractivity contribution in [3.05, 3.63) is 75.9 Å². The highest BCUT2D eigenvalue weighted by Gasteiger charge is 2.42. The van der Waals surface area contributed by atoms with Gasteiger partial charge in [-0.15, -0.1) is 0 Å². The summed E-state index contributed by atoms with van der Waals surface area (Å²) in [6, 6.07) is 16.5. The second kappa shape index (κ2) is 7.32. The van der Waals surface area contributed by atoms with Gasteiger partial charge in [-0.3, -0.25) is 14.5 Å². The lowest BCUT2D eigenvalue weighted by Gasteiger charge is -2.33. The first-order valence-corrected chi connectivity index (χ1v) is 10.2. The summed E-state index contributed by atoms with van der Waals surface area (Å²) in [5, 5.41) is 3.58. The number of anilines is 1. The molecule has 1 atom stereocenters. The molecule has 2 aliphatic rings. The molecule has 0 aliphatic carbocycles. The molecule has 2 aliphatic heterocycles. The topological polar surface area (TPSA) is 61.8 Å². The molecule has 0 radical (unpaired) electrons. The molecule has 2 amide bonds. The van der Waals surface area contributed by atoms with E-state index < -0.39 is 6.04 Å². The highest BCUT2D eigenvalue weighted by atomic mass is 79.9. The molecule has 1 fully saturated rings. The number of nitrogens with one attached hydrogen (secondary N) is 1. The van der Waals surface area contributed by atoms with Gasteiger partial charge in [-0.2, -0.15) is 0 Å². The zero-order chi connectivity index (χ0) is 19.0. The summed E-state index contributed by atoms with van der Waals surface area (Å²) in [5.74, 6) is 0.0514. The van der Waals surface area contributed by atoms with Crippen LogP contribution in [0.1, 0.15) is 18.5 Å². The zero-order valence-corrected chi connectivity index (χ0v) is 16.9. The van der Waals surface area contributed by atoms with E-state index in [-0.39, 0.29) is 11.8 Å². The molecule has 0 spiro atoms. The average molecular weight is 442 g/mol. The first kappa shape index (κ1) is 18.0. The first-order chi connectivity index (χ1) is 13.0. The van der Waals surface area contributed by atoms with Crippen molar-refractivity contribution >= 4 is 50.4 Å². The summed E-state index contributed by atoms with van der Waals surface area (Å²) in [5.41, 5.74) is 2.69. The van der Waals surface area contributed by atoms with Gasteiger partial charge in [0.15, 0.2) is 5.17 Å². The van der Waals surface area contributed by atoms with Crippen molar-refractivity contribution in [1.29, 1.82) is 0 Å². The molecule has 1 N–H and O–H groups in total. The maximum atomic E-state index is 13.1. The van der Waals surface area contributed by atoms with Crippen LogP contribution < -0.4 is 5.32 Å². The van der Waals surface area contributed by atoms with Crippen LogP contribution in [0.2, 0.25) is 0 Å². The molecule has 1 saturated heterocycles. The SMILES string of the molecule is CC1=C(C(=O)Nc2ccccc2)[C@H](c2ccc(Br)cc2)N2C(=O)CSC2=N1. The van der Waals surface area contributed by atoms with E-state index in [1.165, 1.54) is 11.8 Å². The van der Waals surface area contributed by atoms with E-state index in [2.05, 4.69) is 26.2 Å². The van der Waals surface area contributed by atoms with Crippen molar-refractivity contribution in [3.63, 3.8) is 0 Å². The Hall–Kier alpha value is -2.38. The monoisotopic (exact) mass is 441 g/mol. The summed E-state index contributed by atoms with van der Waals surface area (Å²) >= 11 is 4.85. The Bertz CT molecular complexity index is 970. The van der Waals surface area contributed by atoms with E-state index in [4.69, 9.17) is 0 Å². The molecule has 0 saturated carbocycles. The third-order valence-corrected chi connectivity index (χ3v) is 5.91. The van der Waals surface area contributed by atoms with Gasteiger partial charge < -0.3 is 5.32 Å². The number of nitrogens with zero attached hydrogens (tertiary/aromatic N) is 2. The predicted molar refractivity (Wildman–Crippen MR) is 111 cm³/mol. The molecule has 2 aromatic carbocycles. The van der Waals surface area contributed by atoms with Gasteiger partial charge in [0.2, 0.25) is 5.91 Å². The third kappa shape index (κ3) is 3.44. The minimum atomic E-state index is -0.489. The molecule has 2 aromatic rings. The largest absolute Gasteiger partial charge is 0.322 e. The summed E-state index contributed by atoms with van der Waals surface area (Å²) in [4.78, 5) is 31.9. The predicted octanol–water partition coefficient (Wildman–Crippen LogP) is 4.35. The number of allylic oxidation sites excluding steroid dienone is 1. The van der Waals surface area contributed by atoms with Crippen LogP contribution in [-0.4, -0.2) is 27.6 Å². The number of aliphatic imine (C=N–C) groups is 1. The molecule has 2 heterocycles. The van der Waals surface area contributed by atoms with Gasteiger partial charge in [-0.25, -0.2) is 4.99 Å². The maximum Gasteiger partial charge on any atom is 0.255 e. The molecular formula is C20H16BrN3O2S. The van der Waals surface area contributed by atoms with Crippen molar-refractivity contribution in [2.45, 2.75) is 13.0 Å². The Kier molecular flexibility index (Phi) is 4.88. The lowest BCUT2D eigenvalue weighted by Crippen LogP contribution is -2.40. The fourth-order valence-corrected chi connectivity index (χ4v) is 4.42. The van der Waals surface area contributed by atoms with Crippen LogP contribution in [0.25, 0.3) is 0 Å². The standard InChI is InChI=1S/C20H16BrN3O2S/c1-12-17(19(26)23-15-5-3-2-4-6-15)18(13-7-9-14(21)10-8-13)24-16(25)11-27-20(24)22-12/h2-10,18H,11H2,1H3,(H,23,26)/t18-/m0/s1. The number of halogens is 1. The number of para-hydroxylation sites is 1. The Morgan fingerprint density at radius 1 is 1.19 bits per heavy atom. The van der Waals surface area contributed by atoms with Gasteiger partial charge in [0.05, 0.1) is 23.1 Å². The van der Waals surface area contributed by atoms with Crippen LogP contribution in [-0.2, 0) is 9.59 Å². The fraction of sp³-hybridized carbons (Fsp3) is 0.150. The van der Waals surface area contributed by atoms with Crippen LogP contribution in [0.4, 0.5) is 5.69 Å². The normalized spacial score (nSPS) is 19.0. The minimum Gasteiger partial charge on any atom is -0.322 e. The molecule has 7 heteroatoms. The third-order valence-electron chi connectivity index (χ3n) is 4.45. The molecule has 0 unspecified atom stereocenters. The van der Waals surface area contributed by atoms with Gasteiger partial charge in [0.25, 0.3) is 5.91 Å². The lowest BCUT2D eigenvalue weighted by molar-refractivity contribution is -0.125. The average Bonchev–Trinajstić information content (AvgIpc) is 3.02. The highest BCUT2D eigenvalue weighted by Crippen LogP contribution is 2.41. The van der Waals surface area contributed by atoms with Gasteiger partial charge in [0, 0.05) is 10.2 Å². The number of hydrogen-bond donors (Lipinski definition) is 1. The van der Waals surface area contributed by atoms with E-state index in [9.17, 15) is 9.59 Å². The number of carbonyl (C=O) groups is 2. The van der Waals surface area contributed by atoms with Crippen LogP contribution in [0.15, 0.2) is 75.3 Å². The van der Waals surface area contributed by atoms with Crippen LogP contribution >= 0.6 is 27.7 Å². The smallest absolute Gasteiger partial charge is 0.255 e. The van der Waals surface area contributed by atoms with Crippen LogP contribution in [0.5, 0.6) is 0 Å². The minimum absolute atomic E-state index is 0.0378. The Labute approximate surface area is 169 Å². The van der Waals surface area contributed by atoms with Crippen molar-refractivity contribution in [1.82, 2.24) is 4.90 Å². The number of amidine groups is 1. The van der Waals surface area contributed by atoms with Crippen molar-refractivity contribution in [2.75, 3.05) is 11.1 Å². The molecule has 27 heavy (non-hydrogen) atoms. The van der Waals surface area contributed by atoms with E-state index in [1.807, 2.05) is 61.5 Å². The highest BCUT2D eigenvalue weighted by molar-refractivity contribution is 9.10. The van der Waals surface area contributed by atoms with E-state index in [0.717, 1.165) is 10.0 Å². The number of thioether (sulfide) groups is 1. The molecule has 0 aromatic heterocycles. The summed E-state index contributed by atoms with van der Waals surface area (Å²) in [6.07, 6.45) is 0. The number of carbonyl (C=O) groups excluding carboxylic acids is 2. The fourth-order valence-electron chi connectivity index (χ4n) is 3.21. The molecule has 5 nitrogen and oxygen atoms in total. The summed E-state index contributed by atoms with van der Waals surface area (Å²) in [6.45, 7) is 1.82. The lowest BCUT2D eigenvalue weighted by atomic mass is 9.94. The molecule has 4 rings (SSSR count). The van der Waals surface area contributed by atoms with Gasteiger partial charge >= 0.3 is 0 Å². The molecule has 0 bridgehead atoms. The van der Waals surface area contributed by atoms with E-state index >= 15 is 0 Å². The second-order valence-electron chi connectivity index (χ2n) is 6.22. The van der Waals surface area contributed by atoms with Gasteiger partial charge in [-0.1, -0.05) is 58.0 Å². The molecular weight excluding hydrogens is 426 g/mol. The number of rotatable bonds is 3.